The topological polar surface area (TPSA) is 92.4 Å². The molecule has 2 N–H and O–H groups in total. The first-order valence-electron chi connectivity index (χ1n) is 6.57. The maximum Gasteiger partial charge on any atom is 0.326 e. The Morgan fingerprint density at radius 1 is 1.35 bits per heavy atom. The molecule has 0 saturated heterocycles. The Morgan fingerprint density at radius 2 is 1.95 bits per heavy atom. The molecule has 6 nitrogen and oxygen atoms in total. The van der Waals surface area contributed by atoms with E-state index in [9.17, 15) is 9.59 Å². The summed E-state index contributed by atoms with van der Waals surface area (Å²) in [5.41, 5.74) is 1.13. The van der Waals surface area contributed by atoms with Gasteiger partial charge in [0.2, 0.25) is 5.91 Å². The summed E-state index contributed by atoms with van der Waals surface area (Å²) in [4.78, 5) is 23.1. The van der Waals surface area contributed by atoms with E-state index < -0.39 is 17.4 Å². The van der Waals surface area contributed by atoms with Gasteiger partial charge in [-0.05, 0) is 25.7 Å². The summed E-state index contributed by atoms with van der Waals surface area (Å²) >= 11 is 0. The average Bonchev–Trinajstić information content (AvgIpc) is 2.61. The SMILES string of the molecule is Cc1noc(C)c1CCC(=O)NC(C(=O)O)C(C)(C)C. The van der Waals surface area contributed by atoms with Crippen LogP contribution in [0, 0.1) is 19.3 Å². The molecule has 1 aromatic rings. The molecule has 0 aromatic carbocycles. The van der Waals surface area contributed by atoms with E-state index in [1.165, 1.54) is 0 Å². The fourth-order valence-corrected chi connectivity index (χ4v) is 1.98. The van der Waals surface area contributed by atoms with Crippen LogP contribution in [-0.4, -0.2) is 28.2 Å². The predicted molar refractivity (Wildman–Crippen MR) is 73.3 cm³/mol. The van der Waals surface area contributed by atoms with Gasteiger partial charge in [0.25, 0.3) is 0 Å². The maximum atomic E-state index is 11.9. The second-order valence-electron chi connectivity index (χ2n) is 6.01. The number of carbonyl (C=O) groups is 2. The third kappa shape index (κ3) is 4.08. The highest BCUT2D eigenvalue weighted by atomic mass is 16.5. The van der Waals surface area contributed by atoms with Gasteiger partial charge in [-0.25, -0.2) is 4.79 Å². The lowest BCUT2D eigenvalue weighted by Crippen LogP contribution is -2.49. The van der Waals surface area contributed by atoms with Crippen LogP contribution in [0.1, 0.15) is 44.2 Å². The van der Waals surface area contributed by atoms with E-state index in [0.29, 0.717) is 12.2 Å². The summed E-state index contributed by atoms with van der Waals surface area (Å²) in [6, 6.07) is -0.903. The van der Waals surface area contributed by atoms with Crippen LogP contribution in [0.5, 0.6) is 0 Å². The van der Waals surface area contributed by atoms with E-state index in [4.69, 9.17) is 9.63 Å². The smallest absolute Gasteiger partial charge is 0.326 e. The summed E-state index contributed by atoms with van der Waals surface area (Å²) < 4.78 is 5.03. The number of hydrogen-bond donors (Lipinski definition) is 2. The normalized spacial score (nSPS) is 13.1. The second-order valence-corrected chi connectivity index (χ2v) is 6.01. The fourth-order valence-electron chi connectivity index (χ4n) is 1.98. The minimum Gasteiger partial charge on any atom is -0.480 e. The Balaban J connectivity index is 2.62. The van der Waals surface area contributed by atoms with Crippen LogP contribution in [0.25, 0.3) is 0 Å². The molecule has 1 rings (SSSR count). The van der Waals surface area contributed by atoms with Crippen molar-refractivity contribution < 1.29 is 19.2 Å². The van der Waals surface area contributed by atoms with Crippen molar-refractivity contribution in [2.75, 3.05) is 0 Å². The van der Waals surface area contributed by atoms with Crippen LogP contribution in [-0.2, 0) is 16.0 Å². The second kappa shape index (κ2) is 6.07. The van der Waals surface area contributed by atoms with Crippen molar-refractivity contribution in [1.82, 2.24) is 10.5 Å². The highest BCUT2D eigenvalue weighted by molar-refractivity contribution is 5.84. The monoisotopic (exact) mass is 282 g/mol. The Hall–Kier alpha value is -1.85. The molecule has 0 aliphatic carbocycles. The summed E-state index contributed by atoms with van der Waals surface area (Å²) in [5, 5.41) is 15.5. The standard InChI is InChI=1S/C14H22N2O4/c1-8-10(9(2)20-16-8)6-7-11(17)15-12(13(18)19)14(3,4)5/h12H,6-7H2,1-5H3,(H,15,17)(H,18,19). The summed E-state index contributed by atoms with van der Waals surface area (Å²) in [6.45, 7) is 8.95. The van der Waals surface area contributed by atoms with Crippen molar-refractivity contribution in [3.63, 3.8) is 0 Å². The first-order valence-corrected chi connectivity index (χ1v) is 6.57. The Kier molecular flexibility index (Phi) is 4.92. The van der Waals surface area contributed by atoms with Crippen LogP contribution in [0.3, 0.4) is 0 Å². The largest absolute Gasteiger partial charge is 0.480 e. The molecule has 1 amide bonds. The van der Waals surface area contributed by atoms with E-state index in [2.05, 4.69) is 10.5 Å². The van der Waals surface area contributed by atoms with Crippen molar-refractivity contribution in [2.24, 2.45) is 5.41 Å². The minimum atomic E-state index is -1.02. The Morgan fingerprint density at radius 3 is 2.35 bits per heavy atom. The average molecular weight is 282 g/mol. The molecule has 20 heavy (non-hydrogen) atoms. The van der Waals surface area contributed by atoms with Gasteiger partial charge < -0.3 is 14.9 Å². The van der Waals surface area contributed by atoms with Crippen molar-refractivity contribution in [3.05, 3.63) is 17.0 Å². The lowest BCUT2D eigenvalue weighted by atomic mass is 9.86. The molecule has 1 aromatic heterocycles. The molecule has 0 spiro atoms. The van der Waals surface area contributed by atoms with E-state index in [1.807, 2.05) is 6.92 Å². The van der Waals surface area contributed by atoms with Crippen LogP contribution in [0.2, 0.25) is 0 Å². The van der Waals surface area contributed by atoms with Gasteiger partial charge in [0.15, 0.2) is 0 Å². The number of carbonyl (C=O) groups excluding carboxylic acids is 1. The molecule has 0 bridgehead atoms. The number of nitrogens with one attached hydrogen (secondary N) is 1. The van der Waals surface area contributed by atoms with Crippen LogP contribution < -0.4 is 5.32 Å². The molecule has 0 fully saturated rings. The maximum absolute atomic E-state index is 11.9. The zero-order valence-electron chi connectivity index (χ0n) is 12.6. The number of hydrogen-bond acceptors (Lipinski definition) is 4. The van der Waals surface area contributed by atoms with Crippen molar-refractivity contribution >= 4 is 11.9 Å². The highest BCUT2D eigenvalue weighted by Gasteiger charge is 2.32. The van der Waals surface area contributed by atoms with Gasteiger partial charge in [-0.15, -0.1) is 0 Å². The van der Waals surface area contributed by atoms with E-state index in [-0.39, 0.29) is 12.3 Å². The zero-order chi connectivity index (χ0) is 15.5. The van der Waals surface area contributed by atoms with Gasteiger partial charge in [-0.1, -0.05) is 25.9 Å². The van der Waals surface area contributed by atoms with Gasteiger partial charge >= 0.3 is 5.97 Å². The lowest BCUT2D eigenvalue weighted by molar-refractivity contribution is -0.144. The number of amides is 1. The molecule has 1 heterocycles. The predicted octanol–water partition coefficient (Wildman–Crippen LogP) is 1.84. The molecule has 0 aliphatic rings. The first kappa shape index (κ1) is 16.2. The Labute approximate surface area is 118 Å². The number of aliphatic carboxylic acids is 1. The van der Waals surface area contributed by atoms with E-state index >= 15 is 0 Å². The van der Waals surface area contributed by atoms with Crippen LogP contribution in [0.15, 0.2) is 4.52 Å². The molecule has 6 heteroatoms. The van der Waals surface area contributed by atoms with Crippen molar-refractivity contribution in [1.29, 1.82) is 0 Å². The number of aryl methyl sites for hydroxylation is 2. The fraction of sp³-hybridized carbons (Fsp3) is 0.643. The number of aromatic nitrogens is 1. The Bertz CT molecular complexity index is 480. The van der Waals surface area contributed by atoms with E-state index in [1.54, 1.807) is 27.7 Å². The number of nitrogens with zero attached hydrogens (tertiary/aromatic N) is 1. The molecule has 0 saturated carbocycles. The quantitative estimate of drug-likeness (QED) is 0.859. The lowest BCUT2D eigenvalue weighted by Gasteiger charge is -2.27. The van der Waals surface area contributed by atoms with Gasteiger partial charge in [0.1, 0.15) is 11.8 Å². The molecule has 1 unspecified atom stereocenters. The number of carboxylic acid groups (broad SMARTS) is 1. The number of rotatable bonds is 5. The first-order chi connectivity index (χ1) is 9.12. The molecule has 112 valence electrons. The zero-order valence-corrected chi connectivity index (χ0v) is 12.6. The molecular formula is C14H22N2O4. The summed E-state index contributed by atoms with van der Waals surface area (Å²) in [7, 11) is 0. The molecule has 0 radical (unpaired) electrons. The van der Waals surface area contributed by atoms with Crippen molar-refractivity contribution in [3.8, 4) is 0 Å². The third-order valence-electron chi connectivity index (χ3n) is 3.20. The van der Waals surface area contributed by atoms with Gasteiger partial charge in [0, 0.05) is 12.0 Å². The van der Waals surface area contributed by atoms with Crippen molar-refractivity contribution in [2.45, 2.75) is 53.5 Å². The molecule has 1 atom stereocenters. The minimum absolute atomic E-state index is 0.211. The van der Waals surface area contributed by atoms with E-state index in [0.717, 1.165) is 11.3 Å². The third-order valence-corrected chi connectivity index (χ3v) is 3.20. The highest BCUT2D eigenvalue weighted by Crippen LogP contribution is 2.20. The van der Waals surface area contributed by atoms with Crippen LogP contribution >= 0.6 is 0 Å². The van der Waals surface area contributed by atoms with Gasteiger partial charge in [-0.3, -0.25) is 4.79 Å². The number of carboxylic acids is 1. The summed E-state index contributed by atoms with van der Waals surface area (Å²) in [5.74, 6) is -0.614. The van der Waals surface area contributed by atoms with Gasteiger partial charge in [-0.2, -0.15) is 0 Å². The summed E-state index contributed by atoms with van der Waals surface area (Å²) in [6.07, 6.45) is 0.701. The van der Waals surface area contributed by atoms with Crippen LogP contribution in [0.4, 0.5) is 0 Å². The van der Waals surface area contributed by atoms with Gasteiger partial charge in [0.05, 0.1) is 5.69 Å². The molecule has 0 aliphatic heterocycles. The molecular weight excluding hydrogens is 260 g/mol.